The molecule has 170 valence electrons. The van der Waals surface area contributed by atoms with Gasteiger partial charge in [-0.1, -0.05) is 48.5 Å². The summed E-state index contributed by atoms with van der Waals surface area (Å²) in [4.78, 5) is 24.7. The van der Waals surface area contributed by atoms with Gasteiger partial charge in [-0.3, -0.25) is 0 Å². The van der Waals surface area contributed by atoms with Gasteiger partial charge in [0.1, 0.15) is 13.2 Å². The van der Waals surface area contributed by atoms with Crippen LogP contribution < -0.4 is 11.5 Å². The number of ether oxygens (including phenoxy) is 2. The van der Waals surface area contributed by atoms with Crippen molar-refractivity contribution in [2.45, 2.75) is 13.2 Å². The molecule has 0 saturated carbocycles. The zero-order valence-corrected chi connectivity index (χ0v) is 18.4. The summed E-state index contributed by atoms with van der Waals surface area (Å²) in [6, 6.07) is 28.6. The molecule has 34 heavy (non-hydrogen) atoms. The molecule has 0 aliphatic carbocycles. The average molecular weight is 453 g/mol. The van der Waals surface area contributed by atoms with Crippen molar-refractivity contribution in [1.29, 1.82) is 0 Å². The largest absolute Gasteiger partial charge is 0.457 e. The number of carbonyl (C=O) groups excluding carboxylic acids is 2. The van der Waals surface area contributed by atoms with Crippen LogP contribution in [-0.2, 0) is 22.7 Å². The maximum Gasteiger partial charge on any atom is 0.338 e. The van der Waals surface area contributed by atoms with E-state index >= 15 is 0 Å². The van der Waals surface area contributed by atoms with Crippen LogP contribution in [0.15, 0.2) is 97.1 Å². The Morgan fingerprint density at radius 2 is 0.941 bits per heavy atom. The number of hydrogen-bond acceptors (Lipinski definition) is 6. The molecule has 6 nitrogen and oxygen atoms in total. The highest BCUT2D eigenvalue weighted by Gasteiger charge is 2.10. The van der Waals surface area contributed by atoms with E-state index in [9.17, 15) is 9.59 Å². The van der Waals surface area contributed by atoms with E-state index in [1.54, 1.807) is 48.5 Å². The second-order valence-electron chi connectivity index (χ2n) is 7.80. The zero-order chi connectivity index (χ0) is 23.9. The molecular formula is C28H24N2O4. The predicted molar refractivity (Wildman–Crippen MR) is 132 cm³/mol. The van der Waals surface area contributed by atoms with Crippen molar-refractivity contribution in [2.24, 2.45) is 0 Å². The summed E-state index contributed by atoms with van der Waals surface area (Å²) in [6.07, 6.45) is 0. The normalized spacial score (nSPS) is 10.5. The minimum Gasteiger partial charge on any atom is -0.457 e. The number of esters is 2. The smallest absolute Gasteiger partial charge is 0.338 e. The van der Waals surface area contributed by atoms with E-state index in [2.05, 4.69) is 0 Å². The monoisotopic (exact) mass is 452 g/mol. The molecule has 0 radical (unpaired) electrons. The first-order valence-electron chi connectivity index (χ1n) is 10.7. The van der Waals surface area contributed by atoms with E-state index in [1.165, 1.54) is 0 Å². The molecule has 0 atom stereocenters. The molecule has 0 amide bonds. The van der Waals surface area contributed by atoms with Crippen molar-refractivity contribution in [3.05, 3.63) is 119 Å². The minimum absolute atomic E-state index is 0.154. The quantitative estimate of drug-likeness (QED) is 0.294. The summed E-state index contributed by atoms with van der Waals surface area (Å²) in [5, 5.41) is 0. The maximum absolute atomic E-state index is 12.3. The summed E-state index contributed by atoms with van der Waals surface area (Å²) in [7, 11) is 0. The lowest BCUT2D eigenvalue weighted by atomic mass is 10.0. The molecule has 4 N–H and O–H groups in total. The number of anilines is 2. The van der Waals surface area contributed by atoms with E-state index < -0.39 is 11.9 Å². The van der Waals surface area contributed by atoms with Crippen LogP contribution in [0.5, 0.6) is 0 Å². The summed E-state index contributed by atoms with van der Waals surface area (Å²) >= 11 is 0. The molecule has 0 spiro atoms. The van der Waals surface area contributed by atoms with Gasteiger partial charge in [0.15, 0.2) is 0 Å². The molecule has 0 unspecified atom stereocenters. The standard InChI is InChI=1S/C28H24N2O4/c29-25-5-1-3-19(15-25)17-33-27(31)23-11-7-21(8-12-23)22-9-13-24(14-10-22)28(32)34-18-20-4-2-6-26(30)16-20/h1-16H,17-18,29-30H2. The highest BCUT2D eigenvalue weighted by Crippen LogP contribution is 2.21. The van der Waals surface area contributed by atoms with Gasteiger partial charge in [0, 0.05) is 11.4 Å². The van der Waals surface area contributed by atoms with Crippen LogP contribution in [0.1, 0.15) is 31.8 Å². The van der Waals surface area contributed by atoms with Gasteiger partial charge in [-0.15, -0.1) is 0 Å². The topological polar surface area (TPSA) is 105 Å². The number of hydrogen-bond donors (Lipinski definition) is 2. The summed E-state index contributed by atoms with van der Waals surface area (Å²) in [5.41, 5.74) is 17.1. The molecule has 0 fully saturated rings. The van der Waals surface area contributed by atoms with Crippen molar-refractivity contribution >= 4 is 23.3 Å². The van der Waals surface area contributed by atoms with Crippen LogP contribution in [-0.4, -0.2) is 11.9 Å². The molecule has 4 aromatic carbocycles. The van der Waals surface area contributed by atoms with Gasteiger partial charge in [-0.25, -0.2) is 9.59 Å². The van der Waals surface area contributed by atoms with Gasteiger partial charge in [0.2, 0.25) is 0 Å². The Hall–Kier alpha value is -4.58. The van der Waals surface area contributed by atoms with E-state index in [4.69, 9.17) is 20.9 Å². The highest BCUT2D eigenvalue weighted by molar-refractivity contribution is 5.91. The molecule has 0 aliphatic heterocycles. The lowest BCUT2D eigenvalue weighted by molar-refractivity contribution is 0.0464. The van der Waals surface area contributed by atoms with Gasteiger partial charge < -0.3 is 20.9 Å². The van der Waals surface area contributed by atoms with Crippen molar-refractivity contribution < 1.29 is 19.1 Å². The van der Waals surface area contributed by atoms with Crippen molar-refractivity contribution in [3.8, 4) is 11.1 Å². The fourth-order valence-corrected chi connectivity index (χ4v) is 3.43. The molecule has 0 bridgehead atoms. The van der Waals surface area contributed by atoms with Crippen LogP contribution in [0, 0.1) is 0 Å². The first kappa shape index (κ1) is 22.6. The Labute approximate surface area is 197 Å². The van der Waals surface area contributed by atoms with E-state index in [0.717, 1.165) is 22.3 Å². The SMILES string of the molecule is Nc1cccc(COC(=O)c2ccc(-c3ccc(C(=O)OCc4cccc(N)c4)cc3)cc2)c1. The molecule has 0 saturated heterocycles. The third kappa shape index (κ3) is 5.81. The highest BCUT2D eigenvalue weighted by atomic mass is 16.5. The Morgan fingerprint density at radius 1 is 0.559 bits per heavy atom. The second-order valence-corrected chi connectivity index (χ2v) is 7.80. The Balaban J connectivity index is 1.34. The van der Waals surface area contributed by atoms with Gasteiger partial charge in [0.05, 0.1) is 11.1 Å². The summed E-state index contributed by atoms with van der Waals surface area (Å²) < 4.78 is 10.7. The zero-order valence-electron chi connectivity index (χ0n) is 18.4. The Morgan fingerprint density at radius 3 is 1.29 bits per heavy atom. The van der Waals surface area contributed by atoms with Gasteiger partial charge in [-0.2, -0.15) is 0 Å². The van der Waals surface area contributed by atoms with E-state index in [-0.39, 0.29) is 13.2 Å². The molecule has 0 heterocycles. The van der Waals surface area contributed by atoms with Gasteiger partial charge in [-0.05, 0) is 70.8 Å². The number of carbonyl (C=O) groups is 2. The van der Waals surface area contributed by atoms with Crippen LogP contribution in [0.25, 0.3) is 11.1 Å². The first-order valence-corrected chi connectivity index (χ1v) is 10.7. The lowest BCUT2D eigenvalue weighted by Gasteiger charge is -2.08. The van der Waals surface area contributed by atoms with E-state index in [0.29, 0.717) is 22.5 Å². The lowest BCUT2D eigenvalue weighted by Crippen LogP contribution is -2.05. The molecular weight excluding hydrogens is 428 g/mol. The summed E-state index contributed by atoms with van der Waals surface area (Å²) in [6.45, 7) is 0.307. The van der Waals surface area contributed by atoms with Crippen LogP contribution >= 0.6 is 0 Å². The summed E-state index contributed by atoms with van der Waals surface area (Å²) in [5.74, 6) is -0.820. The van der Waals surface area contributed by atoms with Crippen LogP contribution in [0.4, 0.5) is 11.4 Å². The van der Waals surface area contributed by atoms with Crippen molar-refractivity contribution in [2.75, 3.05) is 11.5 Å². The van der Waals surface area contributed by atoms with Crippen molar-refractivity contribution in [1.82, 2.24) is 0 Å². The third-order valence-corrected chi connectivity index (χ3v) is 5.22. The molecule has 4 aromatic rings. The van der Waals surface area contributed by atoms with Gasteiger partial charge in [0.25, 0.3) is 0 Å². The molecule has 0 aliphatic rings. The van der Waals surface area contributed by atoms with Crippen LogP contribution in [0.2, 0.25) is 0 Å². The third-order valence-electron chi connectivity index (χ3n) is 5.22. The van der Waals surface area contributed by atoms with Crippen LogP contribution in [0.3, 0.4) is 0 Å². The Bertz CT molecular complexity index is 1200. The van der Waals surface area contributed by atoms with Crippen molar-refractivity contribution in [3.63, 3.8) is 0 Å². The number of rotatable bonds is 7. The number of benzene rings is 4. The number of nitrogens with two attached hydrogens (primary N) is 2. The minimum atomic E-state index is -0.410. The maximum atomic E-state index is 12.3. The number of nitrogen functional groups attached to an aromatic ring is 2. The second kappa shape index (κ2) is 10.4. The molecule has 4 rings (SSSR count). The first-order chi connectivity index (χ1) is 16.5. The Kier molecular flexibility index (Phi) is 6.89. The fraction of sp³-hybridized carbons (Fsp3) is 0.0714. The average Bonchev–Trinajstić information content (AvgIpc) is 2.86. The molecule has 0 aromatic heterocycles. The van der Waals surface area contributed by atoms with Gasteiger partial charge >= 0.3 is 11.9 Å². The van der Waals surface area contributed by atoms with E-state index in [1.807, 2.05) is 48.5 Å². The molecule has 6 heteroatoms. The fourth-order valence-electron chi connectivity index (χ4n) is 3.43. The predicted octanol–water partition coefficient (Wildman–Crippen LogP) is 5.23.